The fourth-order valence-electron chi connectivity index (χ4n) is 3.04. The van der Waals surface area contributed by atoms with E-state index < -0.39 is 0 Å². The SMILES string of the molecule is Cc1ccc(NC(=O)Cc2nc(CNC(C)c3ccc(C(C)C)cc3)cs2)cc1. The largest absolute Gasteiger partial charge is 0.326 e. The molecule has 29 heavy (non-hydrogen) atoms. The zero-order valence-corrected chi connectivity index (χ0v) is 18.3. The molecule has 1 unspecified atom stereocenters. The van der Waals surface area contributed by atoms with Crippen LogP contribution in [0.25, 0.3) is 0 Å². The summed E-state index contributed by atoms with van der Waals surface area (Å²) in [5.74, 6) is 0.505. The van der Waals surface area contributed by atoms with Gasteiger partial charge in [-0.2, -0.15) is 0 Å². The average molecular weight is 408 g/mol. The van der Waals surface area contributed by atoms with Gasteiger partial charge in [-0.1, -0.05) is 55.8 Å². The number of nitrogens with zero attached hydrogens (tertiary/aromatic N) is 1. The number of amides is 1. The van der Waals surface area contributed by atoms with E-state index in [0.717, 1.165) is 16.4 Å². The first-order valence-electron chi connectivity index (χ1n) is 10.0. The molecule has 0 spiro atoms. The van der Waals surface area contributed by atoms with Crippen molar-refractivity contribution < 1.29 is 4.79 Å². The average Bonchev–Trinajstić information content (AvgIpc) is 3.15. The Morgan fingerprint density at radius 3 is 2.31 bits per heavy atom. The molecule has 1 heterocycles. The Kier molecular flexibility index (Phi) is 7.18. The van der Waals surface area contributed by atoms with Crippen LogP contribution in [0, 0.1) is 6.92 Å². The van der Waals surface area contributed by atoms with Gasteiger partial charge in [0.25, 0.3) is 0 Å². The van der Waals surface area contributed by atoms with Gasteiger partial charge in [-0.05, 0) is 43.0 Å². The maximum Gasteiger partial charge on any atom is 0.231 e. The maximum absolute atomic E-state index is 12.2. The lowest BCUT2D eigenvalue weighted by atomic mass is 9.99. The Bertz CT molecular complexity index is 930. The molecule has 3 rings (SSSR count). The Morgan fingerprint density at radius 1 is 1.00 bits per heavy atom. The van der Waals surface area contributed by atoms with Gasteiger partial charge in [-0.15, -0.1) is 11.3 Å². The molecule has 152 valence electrons. The van der Waals surface area contributed by atoms with E-state index in [1.807, 2.05) is 36.6 Å². The van der Waals surface area contributed by atoms with E-state index in [9.17, 15) is 4.79 Å². The summed E-state index contributed by atoms with van der Waals surface area (Å²) in [5, 5.41) is 9.30. The summed E-state index contributed by atoms with van der Waals surface area (Å²) in [6.45, 7) is 9.28. The van der Waals surface area contributed by atoms with Crippen LogP contribution in [0.2, 0.25) is 0 Å². The Hall–Kier alpha value is -2.50. The van der Waals surface area contributed by atoms with Crippen LogP contribution in [0.5, 0.6) is 0 Å². The highest BCUT2D eigenvalue weighted by Crippen LogP contribution is 2.19. The third-order valence-corrected chi connectivity index (χ3v) is 5.84. The fraction of sp³-hybridized carbons (Fsp3) is 0.333. The van der Waals surface area contributed by atoms with E-state index in [1.165, 1.54) is 28.0 Å². The predicted molar refractivity (Wildman–Crippen MR) is 121 cm³/mol. The quantitative estimate of drug-likeness (QED) is 0.510. The molecule has 0 saturated heterocycles. The minimum atomic E-state index is -0.0404. The molecule has 0 radical (unpaired) electrons. The van der Waals surface area contributed by atoms with Crippen molar-refractivity contribution in [2.45, 2.75) is 52.6 Å². The van der Waals surface area contributed by atoms with Gasteiger partial charge in [-0.25, -0.2) is 4.98 Å². The summed E-state index contributed by atoms with van der Waals surface area (Å²) >= 11 is 1.53. The Balaban J connectivity index is 1.49. The summed E-state index contributed by atoms with van der Waals surface area (Å²) in [6.07, 6.45) is 0.296. The van der Waals surface area contributed by atoms with Gasteiger partial charge in [0.15, 0.2) is 0 Å². The lowest BCUT2D eigenvalue weighted by Crippen LogP contribution is -2.18. The van der Waals surface area contributed by atoms with Gasteiger partial charge in [0.2, 0.25) is 5.91 Å². The fourth-order valence-corrected chi connectivity index (χ4v) is 3.83. The lowest BCUT2D eigenvalue weighted by molar-refractivity contribution is -0.115. The maximum atomic E-state index is 12.2. The molecule has 0 bridgehead atoms. The van der Waals surface area contributed by atoms with E-state index in [-0.39, 0.29) is 11.9 Å². The lowest BCUT2D eigenvalue weighted by Gasteiger charge is -2.14. The summed E-state index contributed by atoms with van der Waals surface area (Å²) in [6, 6.07) is 16.8. The molecule has 4 nitrogen and oxygen atoms in total. The van der Waals surface area contributed by atoms with E-state index >= 15 is 0 Å². The highest BCUT2D eigenvalue weighted by atomic mass is 32.1. The molecule has 1 atom stereocenters. The first kappa shape index (κ1) is 21.2. The molecular formula is C24H29N3OS. The highest BCUT2D eigenvalue weighted by molar-refractivity contribution is 7.09. The molecule has 1 amide bonds. The Morgan fingerprint density at radius 2 is 1.66 bits per heavy atom. The van der Waals surface area contributed by atoms with Crippen molar-refractivity contribution in [3.05, 3.63) is 81.3 Å². The number of nitrogens with one attached hydrogen (secondary N) is 2. The first-order chi connectivity index (χ1) is 13.9. The molecule has 2 N–H and O–H groups in total. The van der Waals surface area contributed by atoms with Gasteiger partial charge >= 0.3 is 0 Å². The minimum absolute atomic E-state index is 0.0404. The van der Waals surface area contributed by atoms with Crippen molar-refractivity contribution in [3.63, 3.8) is 0 Å². The van der Waals surface area contributed by atoms with Crippen LogP contribution in [0.15, 0.2) is 53.9 Å². The van der Waals surface area contributed by atoms with Crippen molar-refractivity contribution >= 4 is 22.9 Å². The second-order valence-electron chi connectivity index (χ2n) is 7.75. The monoisotopic (exact) mass is 407 g/mol. The first-order valence-corrected chi connectivity index (χ1v) is 10.9. The highest BCUT2D eigenvalue weighted by Gasteiger charge is 2.10. The van der Waals surface area contributed by atoms with E-state index in [1.54, 1.807) is 0 Å². The minimum Gasteiger partial charge on any atom is -0.326 e. The number of aryl methyl sites for hydroxylation is 1. The van der Waals surface area contributed by atoms with Crippen molar-refractivity contribution in [2.75, 3.05) is 5.32 Å². The van der Waals surface area contributed by atoms with Crippen LogP contribution in [-0.4, -0.2) is 10.9 Å². The normalized spacial score (nSPS) is 12.2. The third-order valence-electron chi connectivity index (χ3n) is 4.94. The molecule has 5 heteroatoms. The molecule has 1 aromatic heterocycles. The zero-order valence-electron chi connectivity index (χ0n) is 17.5. The van der Waals surface area contributed by atoms with Crippen LogP contribution in [0.1, 0.15) is 60.1 Å². The van der Waals surface area contributed by atoms with Crippen LogP contribution in [0.4, 0.5) is 5.69 Å². The molecule has 3 aromatic rings. The van der Waals surface area contributed by atoms with Crippen molar-refractivity contribution in [3.8, 4) is 0 Å². The number of carbonyl (C=O) groups is 1. The van der Waals surface area contributed by atoms with Gasteiger partial charge < -0.3 is 10.6 Å². The number of anilines is 1. The standard InChI is InChI=1S/C24H29N3OS/c1-16(2)19-7-9-20(10-8-19)18(4)25-14-22-15-29-24(27-22)13-23(28)26-21-11-5-17(3)6-12-21/h5-12,15-16,18,25H,13-14H2,1-4H3,(H,26,28). The van der Waals surface area contributed by atoms with Gasteiger partial charge in [0.05, 0.1) is 12.1 Å². The van der Waals surface area contributed by atoms with Gasteiger partial charge in [-0.3, -0.25) is 4.79 Å². The number of rotatable bonds is 8. The van der Waals surface area contributed by atoms with Crippen LogP contribution < -0.4 is 10.6 Å². The van der Waals surface area contributed by atoms with Crippen molar-refractivity contribution in [2.24, 2.45) is 0 Å². The van der Waals surface area contributed by atoms with E-state index in [4.69, 9.17) is 0 Å². The van der Waals surface area contributed by atoms with Crippen molar-refractivity contribution in [1.82, 2.24) is 10.3 Å². The molecule has 2 aromatic carbocycles. The number of benzene rings is 2. The van der Waals surface area contributed by atoms with Crippen LogP contribution >= 0.6 is 11.3 Å². The second-order valence-corrected chi connectivity index (χ2v) is 8.69. The van der Waals surface area contributed by atoms with E-state index in [0.29, 0.717) is 18.9 Å². The summed E-state index contributed by atoms with van der Waals surface area (Å²) in [5.41, 5.74) is 5.58. The summed E-state index contributed by atoms with van der Waals surface area (Å²) in [4.78, 5) is 16.8. The van der Waals surface area contributed by atoms with Crippen molar-refractivity contribution in [1.29, 1.82) is 0 Å². The smallest absolute Gasteiger partial charge is 0.231 e. The Labute approximate surface area is 177 Å². The summed E-state index contributed by atoms with van der Waals surface area (Å²) in [7, 11) is 0. The van der Waals surface area contributed by atoms with Crippen LogP contribution in [0.3, 0.4) is 0 Å². The molecule has 0 aliphatic heterocycles. The summed E-state index contributed by atoms with van der Waals surface area (Å²) < 4.78 is 0. The van der Waals surface area contributed by atoms with Gasteiger partial charge in [0, 0.05) is 23.7 Å². The van der Waals surface area contributed by atoms with Crippen LogP contribution in [-0.2, 0) is 17.8 Å². The van der Waals surface area contributed by atoms with E-state index in [2.05, 4.69) is 60.7 Å². The topological polar surface area (TPSA) is 54.0 Å². The molecular weight excluding hydrogens is 378 g/mol. The molecule has 0 saturated carbocycles. The number of thiazole rings is 1. The molecule has 0 aliphatic rings. The molecule has 0 fully saturated rings. The third kappa shape index (κ3) is 6.24. The number of hydrogen-bond donors (Lipinski definition) is 2. The number of carbonyl (C=O) groups excluding carboxylic acids is 1. The number of aromatic nitrogens is 1. The molecule has 0 aliphatic carbocycles. The zero-order chi connectivity index (χ0) is 20.8. The second kappa shape index (κ2) is 9.81. The van der Waals surface area contributed by atoms with Gasteiger partial charge in [0.1, 0.15) is 5.01 Å². The predicted octanol–water partition coefficient (Wildman–Crippen LogP) is 5.61. The number of hydrogen-bond acceptors (Lipinski definition) is 4.